The Morgan fingerprint density at radius 2 is 1.46 bits per heavy atom. The van der Waals surface area contributed by atoms with E-state index in [0.717, 1.165) is 45.1 Å². The maximum Gasteiger partial charge on any atom is 0.407 e. The van der Waals surface area contributed by atoms with E-state index >= 15 is 0 Å². The summed E-state index contributed by atoms with van der Waals surface area (Å²) in [4.78, 5) is 24.0. The van der Waals surface area contributed by atoms with Gasteiger partial charge in [0.2, 0.25) is 5.51 Å². The minimum absolute atomic E-state index is 0.106. The normalized spacial score (nSPS) is 16.6. The predicted molar refractivity (Wildman–Crippen MR) is 166 cm³/mol. The summed E-state index contributed by atoms with van der Waals surface area (Å²) in [5, 5.41) is 4.93. The van der Waals surface area contributed by atoms with Gasteiger partial charge in [0.05, 0.1) is 24.7 Å². The van der Waals surface area contributed by atoms with Crippen LogP contribution in [0.4, 0.5) is 4.79 Å². The highest BCUT2D eigenvalue weighted by molar-refractivity contribution is 7.07. The third-order valence-corrected chi connectivity index (χ3v) is 8.59. The molecule has 1 fully saturated rings. The fraction of sp³-hybridized carbons (Fsp3) is 0.848. The summed E-state index contributed by atoms with van der Waals surface area (Å²) >= 11 is 1.69. The molecule has 1 aliphatic heterocycles. The Balaban J connectivity index is 1.31. The predicted octanol–water partition coefficient (Wildman–Crippen LogP) is 8.14. The van der Waals surface area contributed by atoms with Gasteiger partial charge in [0.15, 0.2) is 6.20 Å². The highest BCUT2D eigenvalue weighted by Gasteiger charge is 2.27. The molecule has 1 aromatic heterocycles. The first-order valence-electron chi connectivity index (χ1n) is 16.8. The van der Waals surface area contributed by atoms with Gasteiger partial charge in [0.25, 0.3) is 0 Å². The highest BCUT2D eigenvalue weighted by atomic mass is 32.1. The monoisotopic (exact) mass is 595 g/mol. The summed E-state index contributed by atoms with van der Waals surface area (Å²) in [6.07, 6.45) is 25.8. The van der Waals surface area contributed by atoms with Crippen molar-refractivity contribution in [3.63, 3.8) is 0 Å². The molecule has 1 N–H and O–H groups in total. The maximum absolute atomic E-state index is 12.0. The number of amides is 1. The fourth-order valence-corrected chi connectivity index (χ4v) is 5.96. The van der Waals surface area contributed by atoms with Crippen LogP contribution >= 0.6 is 11.3 Å². The summed E-state index contributed by atoms with van der Waals surface area (Å²) in [5.74, 6) is -0.000446. The summed E-state index contributed by atoms with van der Waals surface area (Å²) in [5.41, 5.74) is 2.10. The smallest absolute Gasteiger partial charge is 0.407 e. The van der Waals surface area contributed by atoms with E-state index < -0.39 is 0 Å². The van der Waals surface area contributed by atoms with E-state index in [1.54, 1.807) is 11.3 Å². The standard InChI is InChI=1S/C33H58N2O5S/c1-2-3-4-5-6-7-8-9-10-11-12-13-14-15-18-21-34-33(37)40-27-30-25-31(38-26-30)28-39-32(36)20-17-16-19-22-35-23-24-41-29-35/h23-24,29-31H,2-22,25-28H2,1H3/p+1. The molecule has 1 amide bonds. The van der Waals surface area contributed by atoms with Crippen molar-refractivity contribution in [2.45, 2.75) is 148 Å². The van der Waals surface area contributed by atoms with Crippen molar-refractivity contribution in [3.8, 4) is 0 Å². The van der Waals surface area contributed by atoms with Gasteiger partial charge in [-0.2, -0.15) is 4.57 Å². The van der Waals surface area contributed by atoms with Crippen molar-refractivity contribution in [2.24, 2.45) is 5.92 Å². The number of aromatic nitrogens is 1. The average Bonchev–Trinajstić information content (AvgIpc) is 3.67. The number of carbonyl (C=O) groups is 2. The van der Waals surface area contributed by atoms with Crippen LogP contribution in [-0.2, 0) is 25.5 Å². The lowest BCUT2D eigenvalue weighted by molar-refractivity contribution is -0.692. The SMILES string of the molecule is CCCCCCCCCCCCCCCCCNC(=O)OCC1COC(COC(=O)CCCCC[n+]2ccsc2)C1. The molecule has 2 unspecified atom stereocenters. The molecule has 1 aliphatic rings. The Labute approximate surface area is 254 Å². The van der Waals surface area contributed by atoms with Crippen molar-refractivity contribution in [1.29, 1.82) is 0 Å². The van der Waals surface area contributed by atoms with Crippen LogP contribution < -0.4 is 9.88 Å². The first-order valence-corrected chi connectivity index (χ1v) is 17.7. The van der Waals surface area contributed by atoms with Crippen molar-refractivity contribution in [2.75, 3.05) is 26.4 Å². The number of rotatable bonds is 26. The van der Waals surface area contributed by atoms with Crippen molar-refractivity contribution in [3.05, 3.63) is 17.1 Å². The van der Waals surface area contributed by atoms with Crippen molar-refractivity contribution < 1.29 is 28.4 Å². The van der Waals surface area contributed by atoms with Gasteiger partial charge in [-0.15, -0.1) is 0 Å². The van der Waals surface area contributed by atoms with Crippen LogP contribution in [0.15, 0.2) is 17.1 Å². The molecule has 1 saturated heterocycles. The lowest BCUT2D eigenvalue weighted by Crippen LogP contribution is -2.29. The summed E-state index contributed by atoms with van der Waals surface area (Å²) in [6, 6.07) is 0. The molecular weight excluding hydrogens is 536 g/mol. The Bertz CT molecular complexity index is 761. The summed E-state index contributed by atoms with van der Waals surface area (Å²) < 4.78 is 18.7. The van der Waals surface area contributed by atoms with Gasteiger partial charge in [-0.3, -0.25) is 4.79 Å². The first kappa shape index (κ1) is 35.5. The van der Waals surface area contributed by atoms with E-state index in [0.29, 0.717) is 26.2 Å². The zero-order chi connectivity index (χ0) is 29.2. The van der Waals surface area contributed by atoms with Crippen LogP contribution in [-0.4, -0.2) is 44.5 Å². The fourth-order valence-electron chi connectivity index (χ4n) is 5.33. The molecule has 0 aromatic carbocycles. The number of nitrogens with one attached hydrogen (secondary N) is 1. The summed E-state index contributed by atoms with van der Waals surface area (Å²) in [7, 11) is 0. The number of alkyl carbamates (subject to hydrolysis) is 1. The van der Waals surface area contributed by atoms with Gasteiger partial charge in [0, 0.05) is 25.3 Å². The second-order valence-electron chi connectivity index (χ2n) is 11.8. The molecule has 2 heterocycles. The van der Waals surface area contributed by atoms with Gasteiger partial charge in [0.1, 0.15) is 13.2 Å². The van der Waals surface area contributed by atoms with Crippen LogP contribution in [0.2, 0.25) is 0 Å². The van der Waals surface area contributed by atoms with Gasteiger partial charge < -0.3 is 19.5 Å². The van der Waals surface area contributed by atoms with E-state index in [2.05, 4.69) is 33.9 Å². The molecule has 0 radical (unpaired) electrons. The largest absolute Gasteiger partial charge is 0.463 e. The molecule has 0 saturated carbocycles. The maximum atomic E-state index is 12.0. The number of nitrogens with zero attached hydrogens (tertiary/aromatic N) is 1. The second kappa shape index (κ2) is 24.9. The van der Waals surface area contributed by atoms with E-state index in [4.69, 9.17) is 14.2 Å². The molecule has 8 heteroatoms. The molecule has 2 rings (SSSR count). The number of hydrogen-bond acceptors (Lipinski definition) is 6. The molecular formula is C33H59N2O5S+. The van der Waals surface area contributed by atoms with Crippen LogP contribution in [0.1, 0.15) is 135 Å². The van der Waals surface area contributed by atoms with Crippen LogP contribution in [0.3, 0.4) is 0 Å². The van der Waals surface area contributed by atoms with E-state index in [1.165, 1.54) is 83.5 Å². The zero-order valence-corrected chi connectivity index (χ0v) is 26.8. The zero-order valence-electron chi connectivity index (χ0n) is 26.0. The van der Waals surface area contributed by atoms with Gasteiger partial charge in [-0.1, -0.05) is 108 Å². The van der Waals surface area contributed by atoms with Gasteiger partial charge in [-0.25, -0.2) is 4.79 Å². The molecule has 0 spiro atoms. The first-order chi connectivity index (χ1) is 20.2. The number of unbranched alkanes of at least 4 members (excludes halogenated alkanes) is 16. The minimum atomic E-state index is -0.345. The van der Waals surface area contributed by atoms with Crippen molar-refractivity contribution in [1.82, 2.24) is 5.32 Å². The third kappa shape index (κ3) is 20.0. The molecule has 1 aromatic rings. The number of esters is 1. The lowest BCUT2D eigenvalue weighted by Gasteiger charge is -2.11. The lowest BCUT2D eigenvalue weighted by atomic mass is 10.0. The van der Waals surface area contributed by atoms with Crippen LogP contribution in [0.5, 0.6) is 0 Å². The summed E-state index contributed by atoms with van der Waals surface area (Å²) in [6.45, 7) is 5.11. The number of ether oxygens (including phenoxy) is 3. The van der Waals surface area contributed by atoms with Gasteiger partial charge >= 0.3 is 12.1 Å². The molecule has 236 valence electrons. The second-order valence-corrected chi connectivity index (χ2v) is 12.5. The van der Waals surface area contributed by atoms with Gasteiger partial charge in [-0.05, 0) is 25.7 Å². The highest BCUT2D eigenvalue weighted by Crippen LogP contribution is 2.20. The molecule has 7 nitrogen and oxygen atoms in total. The Hall–Kier alpha value is -1.67. The van der Waals surface area contributed by atoms with Crippen LogP contribution in [0, 0.1) is 5.92 Å². The number of carbonyl (C=O) groups excluding carboxylic acids is 2. The van der Waals surface area contributed by atoms with E-state index in [-0.39, 0.29) is 30.7 Å². The Morgan fingerprint density at radius 1 is 0.829 bits per heavy atom. The third-order valence-electron chi connectivity index (χ3n) is 7.92. The van der Waals surface area contributed by atoms with E-state index in [9.17, 15) is 9.59 Å². The van der Waals surface area contributed by atoms with Crippen molar-refractivity contribution >= 4 is 23.4 Å². The topological polar surface area (TPSA) is 77.7 Å². The number of aryl methyl sites for hydroxylation is 1. The Kier molecular flexibility index (Phi) is 21.6. The van der Waals surface area contributed by atoms with Crippen LogP contribution in [0.25, 0.3) is 0 Å². The van der Waals surface area contributed by atoms with E-state index in [1.807, 2.05) is 0 Å². The number of thiazole rings is 1. The quantitative estimate of drug-likeness (QED) is 0.0664. The minimum Gasteiger partial charge on any atom is -0.463 e. The Morgan fingerprint density at radius 3 is 2.10 bits per heavy atom. The molecule has 0 bridgehead atoms. The number of hydrogen-bond donors (Lipinski definition) is 1. The molecule has 0 aliphatic carbocycles. The molecule has 41 heavy (non-hydrogen) atoms. The average molecular weight is 596 g/mol. The molecule has 2 atom stereocenters.